The van der Waals surface area contributed by atoms with Crippen molar-refractivity contribution in [3.8, 4) is 0 Å². The van der Waals surface area contributed by atoms with Crippen molar-refractivity contribution in [1.29, 1.82) is 5.41 Å². The molecule has 0 aliphatic carbocycles. The monoisotopic (exact) mass is 231 g/mol. The van der Waals surface area contributed by atoms with Gasteiger partial charge in [-0.1, -0.05) is 26.3 Å². The number of rotatable bonds is 2. The van der Waals surface area contributed by atoms with E-state index in [0.717, 1.165) is 19.5 Å². The van der Waals surface area contributed by atoms with Gasteiger partial charge in [0.05, 0.1) is 5.84 Å². The summed E-state index contributed by atoms with van der Waals surface area (Å²) < 4.78 is 0. The Hall–Kier alpha value is -1.38. The summed E-state index contributed by atoms with van der Waals surface area (Å²) in [4.78, 5) is 6.42. The molecule has 1 aliphatic rings. The van der Waals surface area contributed by atoms with Gasteiger partial charge in [0.2, 0.25) is 0 Å². The van der Waals surface area contributed by atoms with Gasteiger partial charge in [-0.05, 0) is 24.5 Å². The van der Waals surface area contributed by atoms with Crippen molar-refractivity contribution in [2.45, 2.75) is 32.6 Å². The van der Waals surface area contributed by atoms with Crippen LogP contribution in [0.4, 0.5) is 0 Å². The van der Waals surface area contributed by atoms with E-state index in [2.05, 4.69) is 29.8 Å². The number of hydrogen-bond donors (Lipinski definition) is 1. The Morgan fingerprint density at radius 3 is 2.94 bits per heavy atom. The van der Waals surface area contributed by atoms with Crippen molar-refractivity contribution in [2.24, 2.45) is 5.92 Å². The summed E-state index contributed by atoms with van der Waals surface area (Å²) in [6.45, 7) is 8.36. The topological polar surface area (TPSA) is 40.0 Å². The predicted molar refractivity (Wildman–Crippen MR) is 70.3 cm³/mol. The van der Waals surface area contributed by atoms with E-state index in [1.807, 2.05) is 25.4 Å². The van der Waals surface area contributed by atoms with Crippen LogP contribution in [-0.4, -0.2) is 28.8 Å². The molecular weight excluding hydrogens is 210 g/mol. The third-order valence-corrected chi connectivity index (χ3v) is 4.15. The van der Waals surface area contributed by atoms with E-state index in [0.29, 0.717) is 11.8 Å². The number of amidine groups is 1. The first-order valence-corrected chi connectivity index (χ1v) is 6.28. The summed E-state index contributed by atoms with van der Waals surface area (Å²) in [5, 5.41) is 7.81. The lowest BCUT2D eigenvalue weighted by molar-refractivity contribution is 0.363. The maximum absolute atomic E-state index is 7.81. The molecule has 1 fully saturated rings. The van der Waals surface area contributed by atoms with E-state index in [1.54, 1.807) is 0 Å². The molecule has 0 saturated carbocycles. The number of nitrogens with zero attached hydrogens (tertiary/aromatic N) is 2. The van der Waals surface area contributed by atoms with Crippen LogP contribution in [0.2, 0.25) is 0 Å². The van der Waals surface area contributed by atoms with Crippen molar-refractivity contribution in [3.63, 3.8) is 0 Å². The Kier molecular flexibility index (Phi) is 3.18. The molecule has 2 atom stereocenters. The molecule has 0 spiro atoms. The molecule has 0 amide bonds. The van der Waals surface area contributed by atoms with E-state index in [-0.39, 0.29) is 5.41 Å². The van der Waals surface area contributed by atoms with Crippen molar-refractivity contribution in [3.05, 3.63) is 30.1 Å². The lowest BCUT2D eigenvalue weighted by Gasteiger charge is -2.30. The highest BCUT2D eigenvalue weighted by atomic mass is 15.2. The van der Waals surface area contributed by atoms with Crippen molar-refractivity contribution in [2.75, 3.05) is 13.1 Å². The average Bonchev–Trinajstić information content (AvgIpc) is 2.69. The average molecular weight is 231 g/mol. The lowest BCUT2D eigenvalue weighted by Crippen LogP contribution is -2.33. The minimum atomic E-state index is 0.130. The first-order chi connectivity index (χ1) is 8.08. The van der Waals surface area contributed by atoms with E-state index in [4.69, 9.17) is 5.41 Å². The van der Waals surface area contributed by atoms with Crippen molar-refractivity contribution < 1.29 is 0 Å². The highest BCUT2D eigenvalue weighted by molar-refractivity contribution is 5.77. The summed E-state index contributed by atoms with van der Waals surface area (Å²) in [5.41, 5.74) is 1.43. The number of pyridine rings is 1. The van der Waals surface area contributed by atoms with Crippen LogP contribution in [0.25, 0.3) is 0 Å². The summed E-state index contributed by atoms with van der Waals surface area (Å²) >= 11 is 0. The van der Waals surface area contributed by atoms with Gasteiger partial charge in [0.25, 0.3) is 0 Å². The van der Waals surface area contributed by atoms with Crippen LogP contribution in [0.5, 0.6) is 0 Å². The van der Waals surface area contributed by atoms with Gasteiger partial charge in [-0.3, -0.25) is 10.4 Å². The second-order valence-corrected chi connectivity index (χ2v) is 5.23. The van der Waals surface area contributed by atoms with Crippen LogP contribution < -0.4 is 0 Å². The summed E-state index contributed by atoms with van der Waals surface area (Å²) in [6, 6.07) is 4.17. The van der Waals surface area contributed by atoms with Crippen molar-refractivity contribution in [1.82, 2.24) is 9.88 Å². The molecular formula is C14H21N3. The maximum Gasteiger partial charge on any atom is 0.0926 e. The molecule has 2 unspecified atom stereocenters. The number of likely N-dealkylation sites (tertiary alicyclic amines) is 1. The predicted octanol–water partition coefficient (Wildman–Crippen LogP) is 2.68. The Bertz CT molecular complexity index is 401. The van der Waals surface area contributed by atoms with E-state index >= 15 is 0 Å². The zero-order valence-corrected chi connectivity index (χ0v) is 10.9. The van der Waals surface area contributed by atoms with Gasteiger partial charge in [0, 0.05) is 30.9 Å². The number of nitrogens with one attached hydrogen (secondary N) is 1. The zero-order chi connectivity index (χ0) is 12.5. The van der Waals surface area contributed by atoms with Gasteiger partial charge in [0.15, 0.2) is 0 Å². The van der Waals surface area contributed by atoms with Crippen LogP contribution in [0, 0.1) is 11.3 Å². The fraction of sp³-hybridized carbons (Fsp3) is 0.571. The molecule has 17 heavy (non-hydrogen) atoms. The molecule has 0 aromatic carbocycles. The quantitative estimate of drug-likeness (QED) is 0.628. The van der Waals surface area contributed by atoms with Crippen molar-refractivity contribution >= 4 is 5.84 Å². The van der Waals surface area contributed by atoms with Crippen LogP contribution in [0.15, 0.2) is 24.5 Å². The van der Waals surface area contributed by atoms with Gasteiger partial charge in [0.1, 0.15) is 0 Å². The SMILES string of the molecule is CCC1CN(C(C)=N)CC1(C)c1cccnc1. The lowest BCUT2D eigenvalue weighted by atomic mass is 9.74. The third-order valence-electron chi connectivity index (χ3n) is 4.15. The Morgan fingerprint density at radius 2 is 2.41 bits per heavy atom. The standard InChI is InChI=1S/C14H21N3/c1-4-12-9-17(11(2)15)10-14(12,3)13-6-5-7-16-8-13/h5-8,12,15H,4,9-10H2,1-3H3. The fourth-order valence-electron chi connectivity index (χ4n) is 2.92. The number of hydrogen-bond acceptors (Lipinski definition) is 2. The Labute approximate surface area is 103 Å². The zero-order valence-electron chi connectivity index (χ0n) is 10.9. The summed E-state index contributed by atoms with van der Waals surface area (Å²) in [5.74, 6) is 1.28. The Balaban J connectivity index is 2.32. The fourth-order valence-corrected chi connectivity index (χ4v) is 2.92. The van der Waals surface area contributed by atoms with E-state index < -0.39 is 0 Å². The van der Waals surface area contributed by atoms with Gasteiger partial charge in [-0.2, -0.15) is 0 Å². The molecule has 0 radical (unpaired) electrons. The third kappa shape index (κ3) is 2.06. The van der Waals surface area contributed by atoms with Crippen LogP contribution >= 0.6 is 0 Å². The molecule has 1 saturated heterocycles. The van der Waals surface area contributed by atoms with Crippen LogP contribution in [0.1, 0.15) is 32.8 Å². The molecule has 2 heterocycles. The molecule has 1 aromatic heterocycles. The van der Waals surface area contributed by atoms with Gasteiger partial charge in [-0.25, -0.2) is 0 Å². The first kappa shape index (κ1) is 12.1. The van der Waals surface area contributed by atoms with Crippen LogP contribution in [0.3, 0.4) is 0 Å². The van der Waals surface area contributed by atoms with Gasteiger partial charge >= 0.3 is 0 Å². The van der Waals surface area contributed by atoms with Crippen LogP contribution in [-0.2, 0) is 5.41 Å². The molecule has 3 heteroatoms. The molecule has 2 rings (SSSR count). The highest BCUT2D eigenvalue weighted by Gasteiger charge is 2.43. The second kappa shape index (κ2) is 4.47. The highest BCUT2D eigenvalue weighted by Crippen LogP contribution is 2.40. The van der Waals surface area contributed by atoms with Gasteiger partial charge in [-0.15, -0.1) is 0 Å². The maximum atomic E-state index is 7.81. The minimum Gasteiger partial charge on any atom is -0.360 e. The first-order valence-electron chi connectivity index (χ1n) is 6.28. The number of aromatic nitrogens is 1. The minimum absolute atomic E-state index is 0.130. The molecule has 1 aliphatic heterocycles. The molecule has 1 N–H and O–H groups in total. The summed E-state index contributed by atoms with van der Waals surface area (Å²) in [6.07, 6.45) is 4.95. The molecule has 92 valence electrons. The smallest absolute Gasteiger partial charge is 0.0926 e. The largest absolute Gasteiger partial charge is 0.360 e. The molecule has 3 nitrogen and oxygen atoms in total. The Morgan fingerprint density at radius 1 is 1.65 bits per heavy atom. The molecule has 1 aromatic rings. The second-order valence-electron chi connectivity index (χ2n) is 5.23. The molecule has 0 bridgehead atoms. The van der Waals surface area contributed by atoms with Gasteiger partial charge < -0.3 is 4.90 Å². The normalized spacial score (nSPS) is 28.4. The summed E-state index contributed by atoms with van der Waals surface area (Å²) in [7, 11) is 0. The van der Waals surface area contributed by atoms with E-state index in [9.17, 15) is 0 Å². The van der Waals surface area contributed by atoms with E-state index in [1.165, 1.54) is 5.56 Å².